The number of benzene rings is 2. The molecular formula is C26H21ClN2O3S2. The lowest BCUT2D eigenvalue weighted by Gasteiger charge is -2.43. The number of rotatable bonds is 2. The first-order chi connectivity index (χ1) is 16.4. The van der Waals surface area contributed by atoms with E-state index in [1.165, 1.54) is 16.2 Å². The van der Waals surface area contributed by atoms with Crippen LogP contribution in [0.1, 0.15) is 28.3 Å². The fourth-order valence-electron chi connectivity index (χ4n) is 7.01. The second-order valence-corrected chi connectivity index (χ2v) is 12.5. The predicted molar refractivity (Wildman–Crippen MR) is 134 cm³/mol. The zero-order valence-electron chi connectivity index (χ0n) is 18.2. The summed E-state index contributed by atoms with van der Waals surface area (Å²) in [6, 6.07) is 15.5. The predicted octanol–water partition coefficient (Wildman–Crippen LogP) is 5.08. The number of thioether (sulfide) groups is 1. The molecule has 0 spiro atoms. The van der Waals surface area contributed by atoms with Gasteiger partial charge < -0.3 is 4.98 Å². The van der Waals surface area contributed by atoms with E-state index in [0.29, 0.717) is 10.7 Å². The van der Waals surface area contributed by atoms with Crippen LogP contribution in [0.25, 0.3) is 0 Å². The molecule has 4 aliphatic rings. The third kappa shape index (κ3) is 2.77. The summed E-state index contributed by atoms with van der Waals surface area (Å²) in [5, 5.41) is 1.79. The molecule has 3 aromatic rings. The number of fused-ring (bicyclic) bond motifs is 9. The average Bonchev–Trinajstić information content (AvgIpc) is 3.54. The number of carbonyl (C=O) groups excluding carboxylic acids is 2. The van der Waals surface area contributed by atoms with E-state index in [1.54, 1.807) is 11.8 Å². The molecule has 2 aliphatic heterocycles. The van der Waals surface area contributed by atoms with Gasteiger partial charge in [0.2, 0.25) is 11.8 Å². The van der Waals surface area contributed by atoms with Gasteiger partial charge in [-0.25, -0.2) is 0 Å². The Morgan fingerprint density at radius 3 is 2.32 bits per heavy atom. The molecule has 8 heteroatoms. The maximum absolute atomic E-state index is 13.7. The molecular weight excluding hydrogens is 488 g/mol. The molecule has 2 amide bonds. The van der Waals surface area contributed by atoms with E-state index in [1.807, 2.05) is 55.5 Å². The molecule has 5 nitrogen and oxygen atoms in total. The number of H-pyrrole nitrogens is 1. The van der Waals surface area contributed by atoms with Crippen LogP contribution in [0, 0.1) is 36.5 Å². The van der Waals surface area contributed by atoms with Gasteiger partial charge in [-0.2, -0.15) is 0 Å². The van der Waals surface area contributed by atoms with Crippen LogP contribution in [0.2, 0.25) is 5.02 Å². The van der Waals surface area contributed by atoms with Crippen molar-refractivity contribution in [3.05, 3.63) is 79.2 Å². The van der Waals surface area contributed by atoms with Gasteiger partial charge in [-0.1, -0.05) is 52.8 Å². The molecule has 7 rings (SSSR count). The van der Waals surface area contributed by atoms with Crippen molar-refractivity contribution < 1.29 is 9.59 Å². The Kier molecular flexibility index (Phi) is 4.52. The number of hydrogen-bond donors (Lipinski definition) is 1. The third-order valence-corrected chi connectivity index (χ3v) is 11.1. The number of aromatic nitrogens is 1. The van der Waals surface area contributed by atoms with Crippen LogP contribution in [-0.4, -0.2) is 22.0 Å². The molecule has 0 radical (unpaired) electrons. The summed E-state index contributed by atoms with van der Waals surface area (Å²) in [7, 11) is 0. The zero-order chi connectivity index (χ0) is 23.3. The number of thiazole rings is 1. The van der Waals surface area contributed by atoms with Crippen LogP contribution in [0.15, 0.2) is 58.4 Å². The van der Waals surface area contributed by atoms with Gasteiger partial charge in [-0.05, 0) is 60.9 Å². The van der Waals surface area contributed by atoms with E-state index < -0.39 is 0 Å². The average molecular weight is 509 g/mol. The first-order valence-corrected chi connectivity index (χ1v) is 13.6. The standard InChI is InChI=1S/C26H21ClN2O3S2/c1-11-2-8-14(9-3-11)29-24(30)19-15-10-16(20(19)25(29)31)21-18(15)17(12-4-6-13(27)7-5-12)22-23(33-21)28-26(32)34-22/h2-9,15-21H,10H2,1H3,(H,28,32)/t15-,16+,17+,18+,19-,20+,21-/m1/s1. The maximum Gasteiger partial charge on any atom is 0.305 e. The topological polar surface area (TPSA) is 70.2 Å². The summed E-state index contributed by atoms with van der Waals surface area (Å²) in [6.45, 7) is 1.99. The molecule has 2 bridgehead atoms. The fourth-order valence-corrected chi connectivity index (χ4v) is 10.0. The largest absolute Gasteiger partial charge is 0.307 e. The second kappa shape index (κ2) is 7.33. The van der Waals surface area contributed by atoms with Crippen LogP contribution < -0.4 is 9.77 Å². The molecule has 172 valence electrons. The van der Waals surface area contributed by atoms with Crippen LogP contribution in [0.3, 0.4) is 0 Å². The maximum atomic E-state index is 13.7. The highest BCUT2D eigenvalue weighted by Crippen LogP contribution is 2.68. The van der Waals surface area contributed by atoms with Gasteiger partial charge in [0.1, 0.15) is 0 Å². The van der Waals surface area contributed by atoms with E-state index in [4.69, 9.17) is 11.6 Å². The molecule has 1 aromatic heterocycles. The number of carbonyl (C=O) groups is 2. The van der Waals surface area contributed by atoms with Gasteiger partial charge in [0.25, 0.3) is 0 Å². The number of hydrogen-bond acceptors (Lipinski definition) is 5. The van der Waals surface area contributed by atoms with Crippen LogP contribution in [0.5, 0.6) is 0 Å². The van der Waals surface area contributed by atoms with Crippen LogP contribution >= 0.6 is 34.7 Å². The molecule has 7 atom stereocenters. The number of halogens is 1. The van der Waals surface area contributed by atoms with Gasteiger partial charge in [0.15, 0.2) is 0 Å². The van der Waals surface area contributed by atoms with Crippen molar-refractivity contribution in [3.63, 3.8) is 0 Å². The van der Waals surface area contributed by atoms with E-state index in [-0.39, 0.29) is 57.4 Å². The van der Waals surface area contributed by atoms with E-state index in [2.05, 4.69) is 4.98 Å². The first kappa shape index (κ1) is 21.0. The number of amides is 2. The van der Waals surface area contributed by atoms with E-state index in [9.17, 15) is 14.4 Å². The van der Waals surface area contributed by atoms with Crippen LogP contribution in [-0.2, 0) is 9.59 Å². The molecule has 2 aliphatic carbocycles. The van der Waals surface area contributed by atoms with Crippen molar-refractivity contribution in [3.8, 4) is 0 Å². The summed E-state index contributed by atoms with van der Waals surface area (Å²) >= 11 is 9.16. The SMILES string of the molecule is Cc1ccc(N2C(=O)[C@@H]3[C@@H]4C[C@H]([C@H]5Sc6[nH]c(=O)sc6[C@@H](c6ccc(Cl)cc6)[C@H]45)[C@@H]3C2=O)cc1. The summed E-state index contributed by atoms with van der Waals surface area (Å²) in [6.07, 6.45) is 0.889. The molecule has 34 heavy (non-hydrogen) atoms. The van der Waals surface area contributed by atoms with Gasteiger partial charge in [0.05, 0.1) is 22.5 Å². The quantitative estimate of drug-likeness (QED) is 0.490. The van der Waals surface area contributed by atoms with Crippen molar-refractivity contribution in [2.75, 3.05) is 4.90 Å². The Morgan fingerprint density at radius 1 is 0.941 bits per heavy atom. The Morgan fingerprint density at radius 2 is 1.62 bits per heavy atom. The Hall–Kier alpha value is -2.35. The van der Waals surface area contributed by atoms with Crippen molar-refractivity contribution in [1.29, 1.82) is 0 Å². The lowest BCUT2D eigenvalue weighted by atomic mass is 9.68. The Bertz CT molecular complexity index is 1400. The summed E-state index contributed by atoms with van der Waals surface area (Å²) in [5.74, 6) is -0.205. The van der Waals surface area contributed by atoms with Gasteiger partial charge in [0, 0.05) is 21.1 Å². The first-order valence-electron chi connectivity index (χ1n) is 11.5. The number of anilines is 1. The number of nitrogens with one attached hydrogen (secondary N) is 1. The zero-order valence-corrected chi connectivity index (χ0v) is 20.6. The number of aryl methyl sites for hydroxylation is 1. The summed E-state index contributed by atoms with van der Waals surface area (Å²) in [5.41, 5.74) is 2.88. The second-order valence-electron chi connectivity index (χ2n) is 9.86. The van der Waals surface area contributed by atoms with Crippen molar-refractivity contribution in [1.82, 2.24) is 4.98 Å². The molecule has 2 aromatic carbocycles. The Balaban J connectivity index is 1.32. The normalized spacial score (nSPS) is 33.2. The van der Waals surface area contributed by atoms with Gasteiger partial charge >= 0.3 is 4.87 Å². The number of imide groups is 1. The molecule has 0 unspecified atom stereocenters. The van der Waals surface area contributed by atoms with Crippen molar-refractivity contribution in [2.45, 2.75) is 29.5 Å². The highest BCUT2D eigenvalue weighted by Gasteiger charge is 2.69. The molecule has 2 saturated carbocycles. The van der Waals surface area contributed by atoms with Gasteiger partial charge in [-0.15, -0.1) is 11.8 Å². The molecule has 1 saturated heterocycles. The fraction of sp³-hybridized carbons (Fsp3) is 0.346. The van der Waals surface area contributed by atoms with Crippen LogP contribution in [0.4, 0.5) is 5.69 Å². The third-order valence-electron chi connectivity index (χ3n) is 8.25. The number of nitrogens with zero attached hydrogens (tertiary/aromatic N) is 1. The molecule has 3 fully saturated rings. The minimum Gasteiger partial charge on any atom is -0.307 e. The Labute approximate surface area is 209 Å². The smallest absolute Gasteiger partial charge is 0.305 e. The monoisotopic (exact) mass is 508 g/mol. The van der Waals surface area contributed by atoms with Gasteiger partial charge in [-0.3, -0.25) is 19.3 Å². The molecule has 3 heterocycles. The highest BCUT2D eigenvalue weighted by atomic mass is 35.5. The van der Waals surface area contributed by atoms with Crippen molar-refractivity contribution >= 4 is 52.2 Å². The summed E-state index contributed by atoms with van der Waals surface area (Å²) in [4.78, 5) is 45.1. The van der Waals surface area contributed by atoms with E-state index in [0.717, 1.165) is 27.5 Å². The number of aromatic amines is 1. The van der Waals surface area contributed by atoms with Crippen molar-refractivity contribution in [2.24, 2.45) is 29.6 Å². The minimum atomic E-state index is -0.285. The summed E-state index contributed by atoms with van der Waals surface area (Å²) < 4.78 is 0. The molecule has 1 N–H and O–H groups in total. The lowest BCUT2D eigenvalue weighted by molar-refractivity contribution is -0.123. The van der Waals surface area contributed by atoms with E-state index >= 15 is 0 Å². The minimum absolute atomic E-state index is 0.0229. The lowest BCUT2D eigenvalue weighted by Crippen LogP contribution is -2.42. The highest BCUT2D eigenvalue weighted by molar-refractivity contribution is 8.00.